The van der Waals surface area contributed by atoms with Crippen LogP contribution in [0.15, 0.2) is 34.2 Å². The van der Waals surface area contributed by atoms with Gasteiger partial charge < -0.3 is 9.64 Å². The first kappa shape index (κ1) is 20.8. The predicted molar refractivity (Wildman–Crippen MR) is 101 cm³/mol. The molecule has 0 saturated carbocycles. The first-order valence-corrected chi connectivity index (χ1v) is 8.80. The van der Waals surface area contributed by atoms with Gasteiger partial charge in [0.15, 0.2) is 0 Å². The number of aliphatic imine (C=N–C) groups is 1. The highest BCUT2D eigenvalue weighted by atomic mass is 32.2. The molecule has 0 aliphatic heterocycles. The van der Waals surface area contributed by atoms with Crippen molar-refractivity contribution in [2.75, 3.05) is 27.7 Å². The Morgan fingerprint density at radius 1 is 1.24 bits per heavy atom. The molecular weight excluding hydrogens is 340 g/mol. The molecule has 0 bridgehead atoms. The molecule has 0 aromatic heterocycles. The first-order chi connectivity index (χ1) is 11.8. The number of benzene rings is 1. The third kappa shape index (κ3) is 6.30. The van der Waals surface area contributed by atoms with Crippen LogP contribution in [-0.2, 0) is 4.74 Å². The van der Waals surface area contributed by atoms with Crippen molar-refractivity contribution in [3.63, 3.8) is 0 Å². The first-order valence-electron chi connectivity index (χ1n) is 7.98. The number of nitrogens with zero attached hydrogens (tertiary/aromatic N) is 3. The molecule has 0 saturated heterocycles. The van der Waals surface area contributed by atoms with Crippen molar-refractivity contribution < 1.29 is 14.3 Å². The van der Waals surface area contributed by atoms with Crippen LogP contribution in [0.25, 0.3) is 0 Å². The van der Waals surface area contributed by atoms with Crippen LogP contribution >= 0.6 is 11.9 Å². The van der Waals surface area contributed by atoms with Crippen LogP contribution < -0.4 is 4.72 Å². The minimum absolute atomic E-state index is 0.0468. The van der Waals surface area contributed by atoms with Crippen molar-refractivity contribution in [2.45, 2.75) is 31.6 Å². The van der Waals surface area contributed by atoms with Crippen molar-refractivity contribution in [2.24, 2.45) is 4.99 Å². The molecule has 0 fully saturated rings. The molecule has 0 aliphatic rings. The number of amides is 4. The van der Waals surface area contributed by atoms with Gasteiger partial charge in [-0.15, -0.1) is 4.99 Å². The molecule has 0 aliphatic carbocycles. The third-order valence-corrected chi connectivity index (χ3v) is 4.14. The van der Waals surface area contributed by atoms with Crippen LogP contribution in [-0.4, -0.2) is 55.6 Å². The molecule has 25 heavy (non-hydrogen) atoms. The van der Waals surface area contributed by atoms with E-state index in [0.29, 0.717) is 12.5 Å². The lowest BCUT2D eigenvalue weighted by Gasteiger charge is -2.21. The Balaban J connectivity index is 2.76. The summed E-state index contributed by atoms with van der Waals surface area (Å²) in [5.41, 5.74) is 1.24. The van der Waals surface area contributed by atoms with Crippen LogP contribution in [0.1, 0.15) is 32.3 Å². The number of methoxy groups -OCH3 is 1. The van der Waals surface area contributed by atoms with E-state index in [9.17, 15) is 9.59 Å². The van der Waals surface area contributed by atoms with E-state index in [2.05, 4.69) is 23.6 Å². The molecule has 7 nitrogen and oxygen atoms in total. The molecule has 1 rings (SSSR count). The van der Waals surface area contributed by atoms with Gasteiger partial charge in [-0.1, -0.05) is 26.0 Å². The fourth-order valence-corrected chi connectivity index (χ4v) is 2.43. The number of hydrogen-bond donors (Lipinski definition) is 1. The van der Waals surface area contributed by atoms with Crippen LogP contribution in [0.2, 0.25) is 0 Å². The Morgan fingerprint density at radius 3 is 2.28 bits per heavy atom. The number of carbonyl (C=O) groups excluding carboxylic acids is 2. The van der Waals surface area contributed by atoms with Gasteiger partial charge in [0.1, 0.15) is 0 Å². The number of rotatable bonds is 4. The van der Waals surface area contributed by atoms with Crippen molar-refractivity contribution in [1.29, 1.82) is 0 Å². The Labute approximate surface area is 153 Å². The van der Waals surface area contributed by atoms with Gasteiger partial charge in [0, 0.05) is 25.5 Å². The second-order valence-electron chi connectivity index (χ2n) is 5.75. The Bertz CT molecular complexity index is 615. The zero-order valence-electron chi connectivity index (χ0n) is 15.6. The highest BCUT2D eigenvalue weighted by Crippen LogP contribution is 2.20. The van der Waals surface area contributed by atoms with Crippen LogP contribution in [0, 0.1) is 0 Å². The lowest BCUT2D eigenvalue weighted by molar-refractivity contribution is 0.213. The molecule has 8 heteroatoms. The van der Waals surface area contributed by atoms with E-state index in [1.54, 1.807) is 21.0 Å². The van der Waals surface area contributed by atoms with Gasteiger partial charge in [-0.2, -0.15) is 0 Å². The SMILES string of the molecule is CCN(C(=O)NSc1ccc(C(C)C)cc1)C(=NC(=O)N(C)C)OC. The minimum atomic E-state index is -0.500. The fraction of sp³-hybridized carbons (Fsp3) is 0.471. The largest absolute Gasteiger partial charge is 0.468 e. The monoisotopic (exact) mass is 366 g/mol. The highest BCUT2D eigenvalue weighted by molar-refractivity contribution is 7.98. The lowest BCUT2D eigenvalue weighted by atomic mass is 10.0. The van der Waals surface area contributed by atoms with E-state index in [1.165, 1.54) is 34.4 Å². The molecule has 0 unspecified atom stereocenters. The zero-order chi connectivity index (χ0) is 19.0. The number of urea groups is 2. The molecule has 138 valence electrons. The summed E-state index contributed by atoms with van der Waals surface area (Å²) in [7, 11) is 4.52. The zero-order valence-corrected chi connectivity index (χ0v) is 16.4. The van der Waals surface area contributed by atoms with Gasteiger partial charge in [-0.25, -0.2) is 14.5 Å². The molecule has 0 atom stereocenters. The Morgan fingerprint density at radius 2 is 1.84 bits per heavy atom. The van der Waals surface area contributed by atoms with Gasteiger partial charge in [0.25, 0.3) is 0 Å². The van der Waals surface area contributed by atoms with Crippen molar-refractivity contribution in [3.05, 3.63) is 29.8 Å². The number of nitrogens with one attached hydrogen (secondary N) is 1. The number of carbonyl (C=O) groups is 2. The topological polar surface area (TPSA) is 74.2 Å². The van der Waals surface area contributed by atoms with Crippen LogP contribution in [0.5, 0.6) is 0 Å². The summed E-state index contributed by atoms with van der Waals surface area (Å²) in [6.07, 6.45) is 0. The summed E-state index contributed by atoms with van der Waals surface area (Å²) in [6, 6.07) is 7.03. The quantitative estimate of drug-likeness (QED) is 0.502. The van der Waals surface area contributed by atoms with E-state index >= 15 is 0 Å². The van der Waals surface area contributed by atoms with Crippen molar-refractivity contribution >= 4 is 30.0 Å². The molecule has 1 aromatic rings. The normalized spacial score (nSPS) is 11.2. The van der Waals surface area contributed by atoms with Crippen LogP contribution in [0.3, 0.4) is 0 Å². The summed E-state index contributed by atoms with van der Waals surface area (Å²) in [4.78, 5) is 31.4. The average molecular weight is 366 g/mol. The number of ether oxygens (including phenoxy) is 1. The van der Waals surface area contributed by atoms with Crippen molar-refractivity contribution in [1.82, 2.24) is 14.5 Å². The van der Waals surface area contributed by atoms with E-state index in [-0.39, 0.29) is 6.02 Å². The predicted octanol–water partition coefficient (Wildman–Crippen LogP) is 3.53. The lowest BCUT2D eigenvalue weighted by Crippen LogP contribution is -2.43. The molecule has 0 radical (unpaired) electrons. The van der Waals surface area contributed by atoms with Crippen molar-refractivity contribution in [3.8, 4) is 0 Å². The Hall–Kier alpha value is -2.22. The summed E-state index contributed by atoms with van der Waals surface area (Å²) in [5.74, 6) is 0.457. The molecule has 4 amide bonds. The molecular formula is C17H26N4O3S. The van der Waals surface area contributed by atoms with E-state index in [1.807, 2.05) is 24.3 Å². The minimum Gasteiger partial charge on any atom is -0.468 e. The maximum atomic E-state index is 12.4. The standard InChI is InChI=1S/C17H26N4O3S/c1-7-21(17(24-6)18-15(22)20(4)5)16(23)19-25-14-10-8-13(9-11-14)12(2)3/h8-12H,7H2,1-6H3,(H,19,23). The summed E-state index contributed by atoms with van der Waals surface area (Å²) in [5, 5.41) is 0. The number of hydrogen-bond acceptors (Lipinski definition) is 4. The summed E-state index contributed by atoms with van der Waals surface area (Å²) < 4.78 is 7.83. The maximum Gasteiger partial charge on any atom is 0.347 e. The summed E-state index contributed by atoms with van der Waals surface area (Å²) in [6.45, 7) is 6.34. The van der Waals surface area contributed by atoms with Gasteiger partial charge in [0.05, 0.1) is 7.11 Å². The second kappa shape index (κ2) is 9.93. The third-order valence-electron chi connectivity index (χ3n) is 3.35. The molecule has 1 aromatic carbocycles. The molecule has 0 heterocycles. The fourth-order valence-electron chi connectivity index (χ4n) is 1.84. The maximum absolute atomic E-state index is 12.4. The highest BCUT2D eigenvalue weighted by Gasteiger charge is 2.20. The van der Waals surface area contributed by atoms with Gasteiger partial charge >= 0.3 is 18.1 Å². The smallest absolute Gasteiger partial charge is 0.347 e. The van der Waals surface area contributed by atoms with E-state index in [4.69, 9.17) is 4.74 Å². The van der Waals surface area contributed by atoms with Gasteiger partial charge in [-0.05, 0) is 42.5 Å². The summed E-state index contributed by atoms with van der Waals surface area (Å²) >= 11 is 1.20. The molecule has 0 spiro atoms. The average Bonchev–Trinajstić information content (AvgIpc) is 2.59. The van der Waals surface area contributed by atoms with Crippen LogP contribution in [0.4, 0.5) is 9.59 Å². The van der Waals surface area contributed by atoms with Gasteiger partial charge in [0.2, 0.25) is 0 Å². The van der Waals surface area contributed by atoms with Gasteiger partial charge in [-0.3, -0.25) is 4.72 Å². The van der Waals surface area contributed by atoms with E-state index < -0.39 is 12.1 Å². The Kier molecular flexibility index (Phi) is 8.27. The molecule has 1 N–H and O–H groups in total. The van der Waals surface area contributed by atoms with E-state index in [0.717, 1.165) is 4.90 Å². The second-order valence-corrected chi connectivity index (χ2v) is 6.63. The number of amidine groups is 1.